The van der Waals surface area contributed by atoms with Crippen molar-refractivity contribution >= 4 is 7.98 Å². The van der Waals surface area contributed by atoms with Crippen molar-refractivity contribution in [1.82, 2.24) is 4.81 Å². The summed E-state index contributed by atoms with van der Waals surface area (Å²) >= 11 is 0. The highest BCUT2D eigenvalue weighted by atomic mass is 15.0. The van der Waals surface area contributed by atoms with Crippen LogP contribution in [-0.2, 0) is 13.0 Å². The molecular weight excluding hydrogens is 169 g/mol. The Balaban J connectivity index is 2.41. The highest BCUT2D eigenvalue weighted by Crippen LogP contribution is 2.26. The molecule has 0 saturated heterocycles. The van der Waals surface area contributed by atoms with Gasteiger partial charge in [-0.25, -0.2) is 0 Å². The molecule has 0 N–H and O–H groups in total. The second-order valence-electron chi connectivity index (χ2n) is 4.36. The molecule has 1 aliphatic heterocycles. The van der Waals surface area contributed by atoms with Crippen molar-refractivity contribution in [3.8, 4) is 0 Å². The molecule has 0 atom stereocenters. The number of benzene rings is 1. The predicted octanol–water partition coefficient (Wildman–Crippen LogP) is 2.25. The molecule has 1 aliphatic rings. The smallest absolute Gasteiger partial charge is 0.182 e. The van der Waals surface area contributed by atoms with Gasteiger partial charge in [0.2, 0.25) is 0 Å². The summed E-state index contributed by atoms with van der Waals surface area (Å²) in [4.78, 5) is 1.90. The summed E-state index contributed by atoms with van der Waals surface area (Å²) in [5, 5.41) is 0. The van der Waals surface area contributed by atoms with Crippen LogP contribution in [0.2, 0.25) is 0 Å². The molecule has 1 aromatic carbocycles. The summed E-state index contributed by atoms with van der Waals surface area (Å²) in [6.45, 7) is 6.39. The first kappa shape index (κ1) is 9.79. The monoisotopic (exact) mass is 185 g/mol. The molecule has 1 nitrogen and oxygen atoms in total. The zero-order valence-corrected chi connectivity index (χ0v) is 8.96. The van der Waals surface area contributed by atoms with Gasteiger partial charge in [-0.2, -0.15) is 0 Å². The van der Waals surface area contributed by atoms with Gasteiger partial charge >= 0.3 is 0 Å². The SMILES string of the molecule is [B]N1CCc2c(cccc2C(C)C)C1. The molecule has 2 radical (unpaired) electrons. The lowest BCUT2D eigenvalue weighted by Crippen LogP contribution is -2.28. The fraction of sp³-hybridized carbons (Fsp3) is 0.500. The average molecular weight is 185 g/mol. The van der Waals surface area contributed by atoms with Crippen molar-refractivity contribution in [3.05, 3.63) is 34.9 Å². The van der Waals surface area contributed by atoms with Gasteiger partial charge in [0, 0.05) is 6.54 Å². The number of hydrogen-bond acceptors (Lipinski definition) is 1. The maximum atomic E-state index is 5.81. The van der Waals surface area contributed by atoms with Crippen LogP contribution in [0, 0.1) is 0 Å². The van der Waals surface area contributed by atoms with Crippen molar-refractivity contribution in [3.63, 3.8) is 0 Å². The molecule has 2 heteroatoms. The summed E-state index contributed by atoms with van der Waals surface area (Å²) in [5.74, 6) is 0.620. The summed E-state index contributed by atoms with van der Waals surface area (Å²) < 4.78 is 0. The van der Waals surface area contributed by atoms with E-state index in [9.17, 15) is 0 Å². The van der Waals surface area contributed by atoms with E-state index >= 15 is 0 Å². The zero-order valence-electron chi connectivity index (χ0n) is 8.96. The molecule has 72 valence electrons. The van der Waals surface area contributed by atoms with Crippen molar-refractivity contribution in [1.29, 1.82) is 0 Å². The Morgan fingerprint density at radius 2 is 2.14 bits per heavy atom. The quantitative estimate of drug-likeness (QED) is 0.606. The van der Waals surface area contributed by atoms with E-state index in [1.807, 2.05) is 4.81 Å². The molecule has 0 fully saturated rings. The summed E-state index contributed by atoms with van der Waals surface area (Å²) in [6.07, 6.45) is 1.10. The van der Waals surface area contributed by atoms with Crippen LogP contribution in [0.15, 0.2) is 18.2 Å². The van der Waals surface area contributed by atoms with Gasteiger partial charge in [-0.05, 0) is 35.6 Å². The molecule has 0 amide bonds. The van der Waals surface area contributed by atoms with Gasteiger partial charge in [-0.15, -0.1) is 0 Å². The first-order chi connectivity index (χ1) is 6.68. The molecule has 14 heavy (non-hydrogen) atoms. The first-order valence-corrected chi connectivity index (χ1v) is 5.29. The minimum Gasteiger partial charge on any atom is -0.350 e. The molecule has 0 aromatic heterocycles. The van der Waals surface area contributed by atoms with Crippen molar-refractivity contribution in [2.24, 2.45) is 0 Å². The van der Waals surface area contributed by atoms with Gasteiger partial charge < -0.3 is 4.81 Å². The largest absolute Gasteiger partial charge is 0.350 e. The molecule has 0 saturated carbocycles. The summed E-state index contributed by atoms with van der Waals surface area (Å²) in [7, 11) is 5.81. The van der Waals surface area contributed by atoms with Crippen LogP contribution in [0.1, 0.15) is 36.5 Å². The Labute approximate surface area is 87.5 Å². The lowest BCUT2D eigenvalue weighted by molar-refractivity contribution is 0.425. The normalized spacial score (nSPS) is 17.1. The van der Waals surface area contributed by atoms with E-state index in [0.29, 0.717) is 5.92 Å². The topological polar surface area (TPSA) is 3.24 Å². The maximum absolute atomic E-state index is 5.81. The third-order valence-corrected chi connectivity index (χ3v) is 2.95. The van der Waals surface area contributed by atoms with Gasteiger partial charge in [0.15, 0.2) is 7.98 Å². The molecular formula is C12H16BN. The number of nitrogens with zero attached hydrogens (tertiary/aromatic N) is 1. The summed E-state index contributed by atoms with van der Waals surface area (Å²) in [5.41, 5.74) is 4.43. The van der Waals surface area contributed by atoms with Crippen LogP contribution in [0.25, 0.3) is 0 Å². The van der Waals surface area contributed by atoms with Crippen LogP contribution in [-0.4, -0.2) is 19.3 Å². The predicted molar refractivity (Wildman–Crippen MR) is 60.4 cm³/mol. The zero-order chi connectivity index (χ0) is 10.1. The van der Waals surface area contributed by atoms with Crippen molar-refractivity contribution in [2.45, 2.75) is 32.7 Å². The van der Waals surface area contributed by atoms with E-state index in [-0.39, 0.29) is 0 Å². The Bertz CT molecular complexity index is 333. The summed E-state index contributed by atoms with van der Waals surface area (Å²) in [6, 6.07) is 6.59. The van der Waals surface area contributed by atoms with Gasteiger partial charge in [0.1, 0.15) is 0 Å². The molecule has 0 aliphatic carbocycles. The van der Waals surface area contributed by atoms with E-state index < -0.39 is 0 Å². The van der Waals surface area contributed by atoms with Crippen LogP contribution in [0.4, 0.5) is 0 Å². The lowest BCUT2D eigenvalue weighted by atomic mass is 9.88. The van der Waals surface area contributed by atoms with Gasteiger partial charge in [0.25, 0.3) is 0 Å². The number of fused-ring (bicyclic) bond motifs is 1. The number of rotatable bonds is 1. The van der Waals surface area contributed by atoms with Gasteiger partial charge in [-0.1, -0.05) is 32.0 Å². The first-order valence-electron chi connectivity index (χ1n) is 5.29. The van der Waals surface area contributed by atoms with Crippen LogP contribution >= 0.6 is 0 Å². The van der Waals surface area contributed by atoms with E-state index in [1.165, 1.54) is 16.7 Å². The minimum atomic E-state index is 0.620. The Hall–Kier alpha value is -0.755. The average Bonchev–Trinajstić information content (AvgIpc) is 2.16. The van der Waals surface area contributed by atoms with Gasteiger partial charge in [0.05, 0.1) is 0 Å². The Morgan fingerprint density at radius 1 is 1.36 bits per heavy atom. The molecule has 0 unspecified atom stereocenters. The van der Waals surface area contributed by atoms with E-state index in [0.717, 1.165) is 19.5 Å². The third-order valence-electron chi connectivity index (χ3n) is 2.95. The second kappa shape index (κ2) is 3.78. The molecule has 1 heterocycles. The maximum Gasteiger partial charge on any atom is 0.182 e. The third kappa shape index (κ3) is 1.71. The van der Waals surface area contributed by atoms with Crippen molar-refractivity contribution < 1.29 is 0 Å². The van der Waals surface area contributed by atoms with Crippen LogP contribution in [0.3, 0.4) is 0 Å². The Morgan fingerprint density at radius 3 is 2.86 bits per heavy atom. The molecule has 0 bridgehead atoms. The van der Waals surface area contributed by atoms with E-state index in [1.54, 1.807) is 0 Å². The van der Waals surface area contributed by atoms with E-state index in [2.05, 4.69) is 32.0 Å². The van der Waals surface area contributed by atoms with E-state index in [4.69, 9.17) is 7.98 Å². The van der Waals surface area contributed by atoms with Crippen LogP contribution in [0.5, 0.6) is 0 Å². The number of hydrogen-bond donors (Lipinski definition) is 0. The molecule has 2 rings (SSSR count). The highest BCUT2D eigenvalue weighted by Gasteiger charge is 2.16. The molecule has 0 spiro atoms. The van der Waals surface area contributed by atoms with Gasteiger partial charge in [-0.3, -0.25) is 0 Å². The second-order valence-corrected chi connectivity index (χ2v) is 4.36. The molecule has 1 aromatic rings. The minimum absolute atomic E-state index is 0.620. The fourth-order valence-electron chi connectivity index (χ4n) is 2.20. The van der Waals surface area contributed by atoms with Crippen molar-refractivity contribution in [2.75, 3.05) is 6.54 Å². The Kier molecular flexibility index (Phi) is 2.64. The highest BCUT2D eigenvalue weighted by molar-refractivity contribution is 6.04. The lowest BCUT2D eigenvalue weighted by Gasteiger charge is -2.28. The van der Waals surface area contributed by atoms with Crippen LogP contribution < -0.4 is 0 Å². The standard InChI is InChI=1S/C12H16BN/c1-9(2)11-5-3-4-10-8-14(13)7-6-12(10)11/h3-5,9H,6-8H2,1-2H3. The fourth-order valence-corrected chi connectivity index (χ4v) is 2.20.